The predicted octanol–water partition coefficient (Wildman–Crippen LogP) is 2.00. The highest BCUT2D eigenvalue weighted by atomic mass is 32.2. The van der Waals surface area contributed by atoms with Gasteiger partial charge in [0.25, 0.3) is 10.1 Å². The zero-order chi connectivity index (χ0) is 20.1. The third-order valence-electron chi connectivity index (χ3n) is 5.01. The van der Waals surface area contributed by atoms with E-state index >= 15 is 0 Å². The average molecular weight is 406 g/mol. The van der Waals surface area contributed by atoms with Crippen LogP contribution in [0.2, 0.25) is 25.2 Å². The number of carbonyl (C=O) groups is 2. The Bertz CT molecular complexity index is 684. The molecule has 0 aromatic carbocycles. The summed E-state index contributed by atoms with van der Waals surface area (Å²) < 4.78 is 33.5. The van der Waals surface area contributed by atoms with Gasteiger partial charge in [0.15, 0.2) is 0 Å². The standard InChI is InChI=1S/C17H31NO6SSi/c1-11(24-25(5,21)22)14-13-10-26(6,7)9-8-12(18(13)15(14)19)16(20)23-17(2,3)4/h11-14H,8-10H2,1-7H3/t11-,12+,13-,14-/m1/s1. The molecule has 1 amide bonds. The quantitative estimate of drug-likeness (QED) is 0.308. The summed E-state index contributed by atoms with van der Waals surface area (Å²) in [4.78, 5) is 27.1. The van der Waals surface area contributed by atoms with E-state index in [9.17, 15) is 18.0 Å². The highest BCUT2D eigenvalue weighted by Crippen LogP contribution is 2.43. The van der Waals surface area contributed by atoms with Gasteiger partial charge < -0.3 is 9.64 Å². The van der Waals surface area contributed by atoms with Gasteiger partial charge in [-0.05, 0) is 40.2 Å². The maximum atomic E-state index is 12.8. The van der Waals surface area contributed by atoms with Crippen molar-refractivity contribution in [1.29, 1.82) is 0 Å². The Morgan fingerprint density at radius 3 is 2.38 bits per heavy atom. The van der Waals surface area contributed by atoms with Gasteiger partial charge in [-0.1, -0.05) is 19.1 Å². The molecule has 2 fully saturated rings. The van der Waals surface area contributed by atoms with Gasteiger partial charge in [0.1, 0.15) is 11.6 Å². The van der Waals surface area contributed by atoms with E-state index in [1.54, 1.807) is 32.6 Å². The van der Waals surface area contributed by atoms with Gasteiger partial charge in [0, 0.05) is 14.1 Å². The normalized spacial score (nSPS) is 30.0. The molecule has 0 aliphatic carbocycles. The molecule has 7 nitrogen and oxygen atoms in total. The van der Waals surface area contributed by atoms with E-state index in [4.69, 9.17) is 8.92 Å². The Labute approximate surface area is 157 Å². The zero-order valence-electron chi connectivity index (χ0n) is 16.7. The van der Waals surface area contributed by atoms with Crippen LogP contribution in [0.15, 0.2) is 0 Å². The van der Waals surface area contributed by atoms with Gasteiger partial charge in [-0.2, -0.15) is 8.42 Å². The minimum absolute atomic E-state index is 0.166. The number of fused-ring (bicyclic) bond motifs is 1. The molecule has 4 atom stereocenters. The first-order chi connectivity index (χ1) is 11.6. The Hall–Kier alpha value is -0.933. The molecule has 0 aromatic heterocycles. The van der Waals surface area contributed by atoms with Crippen LogP contribution in [0.25, 0.3) is 0 Å². The van der Waals surface area contributed by atoms with Crippen LogP contribution in [-0.4, -0.2) is 63.3 Å². The van der Waals surface area contributed by atoms with Crippen LogP contribution in [0.4, 0.5) is 0 Å². The lowest BCUT2D eigenvalue weighted by atomic mass is 9.82. The van der Waals surface area contributed by atoms with Crippen molar-refractivity contribution in [2.75, 3.05) is 6.26 Å². The molecule has 2 aliphatic heterocycles. The van der Waals surface area contributed by atoms with Gasteiger partial charge in [-0.15, -0.1) is 0 Å². The summed E-state index contributed by atoms with van der Waals surface area (Å²) in [6.45, 7) is 11.5. The van der Waals surface area contributed by atoms with E-state index in [-0.39, 0.29) is 17.9 Å². The van der Waals surface area contributed by atoms with Crippen LogP contribution in [0, 0.1) is 5.92 Å². The lowest BCUT2D eigenvalue weighted by Gasteiger charge is -2.51. The van der Waals surface area contributed by atoms with Crippen LogP contribution in [0.3, 0.4) is 0 Å². The molecule has 2 saturated heterocycles. The Kier molecular flexibility index (Phi) is 5.67. The molecule has 150 valence electrons. The van der Waals surface area contributed by atoms with Crippen LogP contribution < -0.4 is 0 Å². The van der Waals surface area contributed by atoms with E-state index in [1.807, 2.05) is 0 Å². The molecule has 0 bridgehead atoms. The number of hydrogen-bond donors (Lipinski definition) is 0. The Morgan fingerprint density at radius 1 is 1.31 bits per heavy atom. The van der Waals surface area contributed by atoms with Crippen molar-refractivity contribution >= 4 is 30.1 Å². The fourth-order valence-corrected chi connectivity index (χ4v) is 7.50. The minimum Gasteiger partial charge on any atom is -0.458 e. The summed E-state index contributed by atoms with van der Waals surface area (Å²) in [5, 5.41) is 0. The molecule has 2 rings (SSSR count). The molecule has 0 saturated carbocycles. The molecule has 2 heterocycles. The molecule has 0 radical (unpaired) electrons. The van der Waals surface area contributed by atoms with Crippen molar-refractivity contribution in [2.45, 2.75) is 83.1 Å². The number of β-lactam (4-membered cyclic amide) rings is 1. The van der Waals surface area contributed by atoms with Crippen molar-refractivity contribution in [3.63, 3.8) is 0 Å². The van der Waals surface area contributed by atoms with Crippen molar-refractivity contribution < 1.29 is 26.9 Å². The van der Waals surface area contributed by atoms with Gasteiger partial charge in [-0.3, -0.25) is 8.98 Å². The van der Waals surface area contributed by atoms with E-state index in [0.717, 1.165) is 18.3 Å². The summed E-state index contributed by atoms with van der Waals surface area (Å²) in [5.41, 5.74) is -0.619. The summed E-state index contributed by atoms with van der Waals surface area (Å²) in [5.74, 6) is -1.12. The first kappa shape index (κ1) is 21.4. The highest BCUT2D eigenvalue weighted by molar-refractivity contribution is 7.86. The maximum Gasteiger partial charge on any atom is 0.329 e. The molecule has 0 unspecified atom stereocenters. The molecule has 0 spiro atoms. The smallest absolute Gasteiger partial charge is 0.329 e. The van der Waals surface area contributed by atoms with Gasteiger partial charge in [0.2, 0.25) is 5.91 Å². The van der Waals surface area contributed by atoms with Crippen LogP contribution >= 0.6 is 0 Å². The second kappa shape index (κ2) is 6.90. The second-order valence-corrected chi connectivity index (χ2v) is 16.1. The molecule has 0 N–H and O–H groups in total. The Balaban J connectivity index is 2.27. The molecular formula is C17H31NO6SSi. The third-order valence-corrected chi connectivity index (χ3v) is 8.83. The summed E-state index contributed by atoms with van der Waals surface area (Å²) in [6.07, 6.45) is 0.852. The lowest BCUT2D eigenvalue weighted by molar-refractivity contribution is -0.181. The number of rotatable bonds is 4. The molecular weight excluding hydrogens is 374 g/mol. The molecule has 9 heteroatoms. The van der Waals surface area contributed by atoms with Crippen molar-refractivity contribution in [1.82, 2.24) is 4.90 Å². The number of ether oxygens (including phenoxy) is 1. The van der Waals surface area contributed by atoms with Gasteiger partial charge >= 0.3 is 5.97 Å². The van der Waals surface area contributed by atoms with E-state index in [2.05, 4.69) is 13.1 Å². The topological polar surface area (TPSA) is 90.0 Å². The van der Waals surface area contributed by atoms with Crippen molar-refractivity contribution in [2.24, 2.45) is 5.92 Å². The van der Waals surface area contributed by atoms with Crippen molar-refractivity contribution in [3.8, 4) is 0 Å². The lowest BCUT2D eigenvalue weighted by Crippen LogP contribution is -2.69. The van der Waals surface area contributed by atoms with E-state index < -0.39 is 41.9 Å². The number of amides is 1. The average Bonchev–Trinajstić information content (AvgIpc) is 2.49. The SMILES string of the molecule is C[C@@H](OS(C)(=O)=O)[C@H]1C(=O)N2[C@@H]1C[Si](C)(C)CC[C@H]2C(=O)OC(C)(C)C. The van der Waals surface area contributed by atoms with Crippen LogP contribution in [0.5, 0.6) is 0 Å². The van der Waals surface area contributed by atoms with Crippen LogP contribution in [0.1, 0.15) is 34.1 Å². The fourth-order valence-electron chi connectivity index (χ4n) is 3.99. The maximum absolute atomic E-state index is 12.8. The number of carbonyl (C=O) groups excluding carboxylic acids is 2. The monoisotopic (exact) mass is 405 g/mol. The summed E-state index contributed by atoms with van der Waals surface area (Å²) in [6, 6.07) is 0.995. The Morgan fingerprint density at radius 2 is 1.88 bits per heavy atom. The fraction of sp³-hybridized carbons (Fsp3) is 0.882. The van der Waals surface area contributed by atoms with Gasteiger partial charge in [0.05, 0.1) is 18.3 Å². The zero-order valence-corrected chi connectivity index (χ0v) is 18.6. The van der Waals surface area contributed by atoms with E-state index in [1.165, 1.54) is 0 Å². The summed E-state index contributed by atoms with van der Waals surface area (Å²) >= 11 is 0. The van der Waals surface area contributed by atoms with E-state index in [0.29, 0.717) is 6.42 Å². The second-order valence-electron chi connectivity index (χ2n) is 9.30. The minimum atomic E-state index is -3.65. The predicted molar refractivity (Wildman–Crippen MR) is 101 cm³/mol. The van der Waals surface area contributed by atoms with Crippen molar-refractivity contribution in [3.05, 3.63) is 0 Å². The van der Waals surface area contributed by atoms with Gasteiger partial charge in [-0.25, -0.2) is 4.79 Å². The third kappa shape index (κ3) is 4.86. The first-order valence-corrected chi connectivity index (χ1v) is 14.3. The largest absolute Gasteiger partial charge is 0.458 e. The molecule has 2 aliphatic rings. The molecule has 0 aromatic rings. The number of hydrogen-bond acceptors (Lipinski definition) is 6. The number of nitrogens with zero attached hydrogens (tertiary/aromatic N) is 1. The molecule has 26 heavy (non-hydrogen) atoms. The van der Waals surface area contributed by atoms with Crippen LogP contribution in [-0.2, 0) is 28.6 Å². The number of esters is 1. The highest BCUT2D eigenvalue weighted by Gasteiger charge is 2.58. The summed E-state index contributed by atoms with van der Waals surface area (Å²) in [7, 11) is -5.27. The first-order valence-electron chi connectivity index (χ1n) is 9.05.